The molecule has 0 saturated carbocycles. The van der Waals surface area contributed by atoms with Crippen molar-refractivity contribution in [1.82, 2.24) is 5.32 Å². The number of ether oxygens (including phenoxy) is 1. The Bertz CT molecular complexity index is 575. The molecule has 0 aliphatic carbocycles. The Morgan fingerprint density at radius 2 is 1.76 bits per heavy atom. The van der Waals surface area contributed by atoms with Gasteiger partial charge in [-0.2, -0.15) is 0 Å². The van der Waals surface area contributed by atoms with Gasteiger partial charge in [-0.1, -0.05) is 37.3 Å². The number of rotatable bonds is 6. The van der Waals surface area contributed by atoms with E-state index in [0.717, 1.165) is 18.7 Å². The SMILES string of the molecule is CCNC(Cc1ccc(OC)cc1)c1cccc(C)c1C. The third-order valence-corrected chi connectivity index (χ3v) is 4.07. The molecular weight excluding hydrogens is 258 g/mol. The van der Waals surface area contributed by atoms with Crippen molar-refractivity contribution in [2.24, 2.45) is 0 Å². The van der Waals surface area contributed by atoms with Crippen LogP contribution in [0, 0.1) is 13.8 Å². The van der Waals surface area contributed by atoms with E-state index in [-0.39, 0.29) is 0 Å². The fourth-order valence-corrected chi connectivity index (χ4v) is 2.69. The van der Waals surface area contributed by atoms with Gasteiger partial charge in [-0.25, -0.2) is 0 Å². The molecule has 0 bridgehead atoms. The van der Waals surface area contributed by atoms with Crippen LogP contribution in [0.4, 0.5) is 0 Å². The van der Waals surface area contributed by atoms with Gasteiger partial charge in [-0.15, -0.1) is 0 Å². The standard InChI is InChI=1S/C19H25NO/c1-5-20-19(18-8-6-7-14(2)15(18)3)13-16-9-11-17(21-4)12-10-16/h6-12,19-20H,5,13H2,1-4H3. The number of methoxy groups -OCH3 is 1. The molecule has 0 radical (unpaired) electrons. The summed E-state index contributed by atoms with van der Waals surface area (Å²) >= 11 is 0. The molecule has 0 aromatic heterocycles. The smallest absolute Gasteiger partial charge is 0.118 e. The fraction of sp³-hybridized carbons (Fsp3) is 0.368. The number of benzene rings is 2. The Kier molecular flexibility index (Phi) is 5.40. The van der Waals surface area contributed by atoms with Gasteiger partial charge >= 0.3 is 0 Å². The van der Waals surface area contributed by atoms with Gasteiger partial charge in [0.25, 0.3) is 0 Å². The minimum absolute atomic E-state index is 0.350. The molecule has 2 nitrogen and oxygen atoms in total. The minimum Gasteiger partial charge on any atom is -0.497 e. The molecule has 1 N–H and O–H groups in total. The van der Waals surface area contributed by atoms with Gasteiger partial charge in [-0.3, -0.25) is 0 Å². The van der Waals surface area contributed by atoms with E-state index in [2.05, 4.69) is 56.4 Å². The van der Waals surface area contributed by atoms with E-state index in [1.807, 2.05) is 12.1 Å². The van der Waals surface area contributed by atoms with Crippen LogP contribution in [-0.4, -0.2) is 13.7 Å². The Morgan fingerprint density at radius 3 is 2.38 bits per heavy atom. The molecule has 0 saturated heterocycles. The molecule has 0 aliphatic heterocycles. The van der Waals surface area contributed by atoms with Crippen molar-refractivity contribution in [3.05, 3.63) is 64.7 Å². The van der Waals surface area contributed by atoms with Crippen molar-refractivity contribution in [2.45, 2.75) is 33.2 Å². The Morgan fingerprint density at radius 1 is 1.05 bits per heavy atom. The first-order valence-corrected chi connectivity index (χ1v) is 7.58. The van der Waals surface area contributed by atoms with Gasteiger partial charge < -0.3 is 10.1 Å². The summed E-state index contributed by atoms with van der Waals surface area (Å²) in [4.78, 5) is 0. The van der Waals surface area contributed by atoms with Crippen LogP contribution in [0.15, 0.2) is 42.5 Å². The zero-order chi connectivity index (χ0) is 15.2. The van der Waals surface area contributed by atoms with Crippen LogP contribution in [0.1, 0.15) is 35.2 Å². The molecule has 2 rings (SSSR count). The zero-order valence-electron chi connectivity index (χ0n) is 13.4. The minimum atomic E-state index is 0.350. The maximum atomic E-state index is 5.23. The summed E-state index contributed by atoms with van der Waals surface area (Å²) in [5.74, 6) is 0.908. The first kappa shape index (κ1) is 15.6. The van der Waals surface area contributed by atoms with Gasteiger partial charge in [0.05, 0.1) is 7.11 Å². The number of hydrogen-bond acceptors (Lipinski definition) is 2. The average molecular weight is 283 g/mol. The highest BCUT2D eigenvalue weighted by Gasteiger charge is 2.14. The Labute approximate surface area is 128 Å². The van der Waals surface area contributed by atoms with Crippen LogP contribution in [0.2, 0.25) is 0 Å². The van der Waals surface area contributed by atoms with Crippen molar-refractivity contribution in [1.29, 1.82) is 0 Å². The van der Waals surface area contributed by atoms with Gasteiger partial charge in [0.1, 0.15) is 5.75 Å². The van der Waals surface area contributed by atoms with E-state index < -0.39 is 0 Å². The van der Waals surface area contributed by atoms with Gasteiger partial charge in [0.15, 0.2) is 0 Å². The zero-order valence-corrected chi connectivity index (χ0v) is 13.4. The van der Waals surface area contributed by atoms with Crippen molar-refractivity contribution in [3.8, 4) is 5.75 Å². The lowest BCUT2D eigenvalue weighted by molar-refractivity contribution is 0.414. The molecule has 112 valence electrons. The summed E-state index contributed by atoms with van der Waals surface area (Å²) in [6, 6.07) is 15.3. The van der Waals surface area contributed by atoms with Crippen LogP contribution >= 0.6 is 0 Å². The third kappa shape index (κ3) is 3.85. The fourth-order valence-electron chi connectivity index (χ4n) is 2.69. The second-order valence-electron chi connectivity index (χ2n) is 5.45. The van der Waals surface area contributed by atoms with Crippen molar-refractivity contribution in [3.63, 3.8) is 0 Å². The third-order valence-electron chi connectivity index (χ3n) is 4.07. The van der Waals surface area contributed by atoms with Crippen molar-refractivity contribution < 1.29 is 4.74 Å². The maximum Gasteiger partial charge on any atom is 0.118 e. The highest BCUT2D eigenvalue weighted by atomic mass is 16.5. The average Bonchev–Trinajstić information content (AvgIpc) is 2.50. The molecule has 1 unspecified atom stereocenters. The van der Waals surface area contributed by atoms with Crippen molar-refractivity contribution >= 4 is 0 Å². The largest absolute Gasteiger partial charge is 0.497 e. The second kappa shape index (κ2) is 7.28. The summed E-state index contributed by atoms with van der Waals surface area (Å²) in [7, 11) is 1.70. The first-order chi connectivity index (χ1) is 10.2. The number of aryl methyl sites for hydroxylation is 1. The Balaban J connectivity index is 2.24. The summed E-state index contributed by atoms with van der Waals surface area (Å²) in [6.45, 7) is 7.51. The van der Waals surface area contributed by atoms with E-state index in [0.29, 0.717) is 6.04 Å². The van der Waals surface area contributed by atoms with Gasteiger partial charge in [-0.05, 0) is 61.2 Å². The lowest BCUT2D eigenvalue weighted by atomic mass is 9.93. The lowest BCUT2D eigenvalue weighted by Gasteiger charge is -2.21. The predicted molar refractivity (Wildman–Crippen MR) is 89.0 cm³/mol. The summed E-state index contributed by atoms with van der Waals surface area (Å²) in [6.07, 6.45) is 0.988. The molecule has 0 spiro atoms. The number of hydrogen-bond donors (Lipinski definition) is 1. The molecule has 0 aliphatic rings. The van der Waals surface area contributed by atoms with Crippen LogP contribution in [0.5, 0.6) is 5.75 Å². The molecule has 2 aromatic rings. The molecule has 0 amide bonds. The summed E-state index contributed by atoms with van der Waals surface area (Å²) in [5.41, 5.74) is 5.46. The molecule has 2 aromatic carbocycles. The van der Waals surface area contributed by atoms with E-state index in [4.69, 9.17) is 4.74 Å². The molecule has 0 heterocycles. The molecule has 21 heavy (non-hydrogen) atoms. The van der Waals surface area contributed by atoms with E-state index >= 15 is 0 Å². The summed E-state index contributed by atoms with van der Waals surface area (Å²) in [5, 5.41) is 3.61. The first-order valence-electron chi connectivity index (χ1n) is 7.58. The summed E-state index contributed by atoms with van der Waals surface area (Å²) < 4.78 is 5.23. The van der Waals surface area contributed by atoms with Crippen LogP contribution in [-0.2, 0) is 6.42 Å². The molecular formula is C19H25NO. The second-order valence-corrected chi connectivity index (χ2v) is 5.45. The van der Waals surface area contributed by atoms with E-state index in [1.165, 1.54) is 22.3 Å². The monoisotopic (exact) mass is 283 g/mol. The molecule has 1 atom stereocenters. The molecule has 0 fully saturated rings. The topological polar surface area (TPSA) is 21.3 Å². The normalized spacial score (nSPS) is 12.2. The van der Waals surface area contributed by atoms with Crippen LogP contribution in [0.25, 0.3) is 0 Å². The lowest BCUT2D eigenvalue weighted by Crippen LogP contribution is -2.24. The van der Waals surface area contributed by atoms with Gasteiger partial charge in [0.2, 0.25) is 0 Å². The highest BCUT2D eigenvalue weighted by molar-refractivity contribution is 5.37. The highest BCUT2D eigenvalue weighted by Crippen LogP contribution is 2.24. The van der Waals surface area contributed by atoms with Gasteiger partial charge in [0, 0.05) is 6.04 Å². The van der Waals surface area contributed by atoms with Crippen LogP contribution < -0.4 is 10.1 Å². The molecule has 2 heteroatoms. The predicted octanol–water partition coefficient (Wildman–Crippen LogP) is 4.21. The van der Waals surface area contributed by atoms with E-state index in [1.54, 1.807) is 7.11 Å². The number of nitrogens with one attached hydrogen (secondary N) is 1. The quantitative estimate of drug-likeness (QED) is 0.857. The maximum absolute atomic E-state index is 5.23. The Hall–Kier alpha value is -1.80. The van der Waals surface area contributed by atoms with Crippen LogP contribution in [0.3, 0.4) is 0 Å². The van der Waals surface area contributed by atoms with Crippen molar-refractivity contribution in [2.75, 3.05) is 13.7 Å². The van der Waals surface area contributed by atoms with E-state index in [9.17, 15) is 0 Å². The number of likely N-dealkylation sites (N-methyl/N-ethyl adjacent to an activating group) is 1.